The van der Waals surface area contributed by atoms with E-state index in [0.717, 1.165) is 28.2 Å². The van der Waals surface area contributed by atoms with Crippen molar-refractivity contribution >= 4 is 5.97 Å². The molecule has 1 N–H and O–H groups in total. The van der Waals surface area contributed by atoms with Crippen molar-refractivity contribution in [1.29, 1.82) is 0 Å². The van der Waals surface area contributed by atoms with E-state index in [-0.39, 0.29) is 6.42 Å². The predicted octanol–water partition coefficient (Wildman–Crippen LogP) is 5.18. The van der Waals surface area contributed by atoms with E-state index < -0.39 is 5.97 Å². The second-order valence-electron chi connectivity index (χ2n) is 6.17. The molecule has 0 radical (unpaired) electrons. The molecule has 0 amide bonds. The monoisotopic (exact) mass is 362 g/mol. The quantitative estimate of drug-likeness (QED) is 0.533. The van der Waals surface area contributed by atoms with E-state index in [1.807, 2.05) is 78.9 Å². The molecule has 3 aromatic carbocycles. The zero-order valence-electron chi connectivity index (χ0n) is 15.0. The molecule has 4 heteroatoms. The summed E-state index contributed by atoms with van der Waals surface area (Å²) < 4.78 is 11.5. The zero-order valence-corrected chi connectivity index (χ0v) is 15.0. The largest absolute Gasteiger partial charge is 0.494 e. The summed E-state index contributed by atoms with van der Waals surface area (Å²) in [6.45, 7) is 0.932. The summed E-state index contributed by atoms with van der Waals surface area (Å²) in [6, 6.07) is 25.8. The molecule has 3 rings (SSSR count). The fourth-order valence-electron chi connectivity index (χ4n) is 2.66. The smallest absolute Gasteiger partial charge is 0.303 e. The second-order valence-corrected chi connectivity index (χ2v) is 6.17. The summed E-state index contributed by atoms with van der Waals surface area (Å²) in [5.74, 6) is 0.759. The van der Waals surface area contributed by atoms with Crippen molar-refractivity contribution in [3.05, 3.63) is 84.4 Å². The summed E-state index contributed by atoms with van der Waals surface area (Å²) in [7, 11) is 0. The molecule has 138 valence electrons. The lowest BCUT2D eigenvalue weighted by Gasteiger charge is -2.09. The minimum atomic E-state index is -0.802. The van der Waals surface area contributed by atoms with Gasteiger partial charge in [-0.1, -0.05) is 54.6 Å². The maximum Gasteiger partial charge on any atom is 0.303 e. The van der Waals surface area contributed by atoms with Gasteiger partial charge in [-0.15, -0.1) is 0 Å². The van der Waals surface area contributed by atoms with Gasteiger partial charge in [0.15, 0.2) is 0 Å². The van der Waals surface area contributed by atoms with Crippen molar-refractivity contribution in [3.8, 4) is 22.6 Å². The summed E-state index contributed by atoms with van der Waals surface area (Å²) in [5.41, 5.74) is 3.27. The molecule has 0 atom stereocenters. The first-order valence-corrected chi connectivity index (χ1v) is 8.92. The molecule has 3 aromatic rings. The van der Waals surface area contributed by atoms with Crippen LogP contribution >= 0.6 is 0 Å². The van der Waals surface area contributed by atoms with Gasteiger partial charge in [0.1, 0.15) is 18.1 Å². The molecule has 0 saturated carbocycles. The minimum absolute atomic E-state index is 0.119. The van der Waals surface area contributed by atoms with Crippen LogP contribution in [0.15, 0.2) is 78.9 Å². The van der Waals surface area contributed by atoms with Gasteiger partial charge in [-0.05, 0) is 47.4 Å². The molecule has 0 aliphatic rings. The Morgan fingerprint density at radius 2 is 1.56 bits per heavy atom. The highest BCUT2D eigenvalue weighted by Crippen LogP contribution is 2.26. The minimum Gasteiger partial charge on any atom is -0.494 e. The van der Waals surface area contributed by atoms with Crippen molar-refractivity contribution in [3.63, 3.8) is 0 Å². The Labute approximate surface area is 159 Å². The predicted molar refractivity (Wildman–Crippen MR) is 105 cm³/mol. The van der Waals surface area contributed by atoms with Crippen molar-refractivity contribution in [2.75, 3.05) is 6.61 Å². The van der Waals surface area contributed by atoms with Gasteiger partial charge in [0, 0.05) is 6.42 Å². The van der Waals surface area contributed by atoms with Crippen molar-refractivity contribution < 1.29 is 19.4 Å². The Morgan fingerprint density at radius 1 is 0.778 bits per heavy atom. The molecular weight excluding hydrogens is 340 g/mol. The maximum absolute atomic E-state index is 10.5. The average Bonchev–Trinajstić information content (AvgIpc) is 2.71. The number of carbonyl (C=O) groups is 1. The number of ether oxygens (including phenoxy) is 2. The van der Waals surface area contributed by atoms with Crippen LogP contribution in [0.5, 0.6) is 11.5 Å². The van der Waals surface area contributed by atoms with Crippen LogP contribution < -0.4 is 9.47 Å². The molecule has 0 heterocycles. The van der Waals surface area contributed by atoms with Gasteiger partial charge in [-0.25, -0.2) is 0 Å². The van der Waals surface area contributed by atoms with Crippen molar-refractivity contribution in [1.82, 2.24) is 0 Å². The van der Waals surface area contributed by atoms with Crippen LogP contribution in [0.1, 0.15) is 18.4 Å². The maximum atomic E-state index is 10.5. The van der Waals surface area contributed by atoms with E-state index in [2.05, 4.69) is 0 Å². The van der Waals surface area contributed by atoms with Gasteiger partial charge in [0.2, 0.25) is 0 Å². The van der Waals surface area contributed by atoms with E-state index in [1.54, 1.807) is 0 Å². The van der Waals surface area contributed by atoms with E-state index in [1.165, 1.54) is 0 Å². The number of benzene rings is 3. The zero-order chi connectivity index (χ0) is 18.9. The third-order valence-corrected chi connectivity index (χ3v) is 4.07. The first kappa shape index (κ1) is 18.5. The van der Waals surface area contributed by atoms with Gasteiger partial charge in [-0.2, -0.15) is 0 Å². The number of aliphatic carboxylic acids is 1. The van der Waals surface area contributed by atoms with Gasteiger partial charge in [0.05, 0.1) is 6.61 Å². The molecule has 27 heavy (non-hydrogen) atoms. The lowest BCUT2D eigenvalue weighted by atomic mass is 10.1. The number of rotatable bonds is 9. The van der Waals surface area contributed by atoms with Crippen LogP contribution in [0.25, 0.3) is 11.1 Å². The number of hydrogen-bond donors (Lipinski definition) is 1. The van der Waals surface area contributed by atoms with E-state index in [4.69, 9.17) is 14.6 Å². The third kappa shape index (κ3) is 5.89. The summed E-state index contributed by atoms with van der Waals surface area (Å²) in [6.07, 6.45) is 0.617. The number of carboxylic acid groups (broad SMARTS) is 1. The van der Waals surface area contributed by atoms with Crippen LogP contribution in [0.4, 0.5) is 0 Å². The van der Waals surface area contributed by atoms with Crippen LogP contribution in [-0.2, 0) is 11.4 Å². The van der Waals surface area contributed by atoms with Crippen molar-refractivity contribution in [2.24, 2.45) is 0 Å². The van der Waals surface area contributed by atoms with Gasteiger partial charge >= 0.3 is 5.97 Å². The lowest BCUT2D eigenvalue weighted by Crippen LogP contribution is -2.01. The first-order valence-electron chi connectivity index (χ1n) is 8.92. The van der Waals surface area contributed by atoms with Gasteiger partial charge in [-0.3, -0.25) is 4.79 Å². The molecule has 0 saturated heterocycles. The number of hydrogen-bond acceptors (Lipinski definition) is 3. The molecular formula is C23H22O4. The standard InChI is InChI=1S/C23H22O4/c24-23(25)10-5-15-26-21-13-11-19(12-14-21)20-8-4-9-22(16-20)27-17-18-6-2-1-3-7-18/h1-4,6-9,11-14,16H,5,10,15,17H2,(H,24,25). The Kier molecular flexibility index (Phi) is 6.47. The summed E-state index contributed by atoms with van der Waals surface area (Å²) in [4.78, 5) is 10.5. The SMILES string of the molecule is O=C(O)CCCOc1ccc(-c2cccc(OCc3ccccc3)c2)cc1. The fourth-order valence-corrected chi connectivity index (χ4v) is 2.66. The molecule has 0 aliphatic carbocycles. The fraction of sp³-hybridized carbons (Fsp3) is 0.174. The number of carboxylic acids is 1. The van der Waals surface area contributed by atoms with Gasteiger partial charge < -0.3 is 14.6 Å². The highest BCUT2D eigenvalue weighted by molar-refractivity contribution is 5.66. The van der Waals surface area contributed by atoms with Gasteiger partial charge in [0.25, 0.3) is 0 Å². The second kappa shape index (κ2) is 9.43. The molecule has 0 spiro atoms. The van der Waals surface area contributed by atoms with Crippen LogP contribution in [0.3, 0.4) is 0 Å². The molecule has 0 bridgehead atoms. The van der Waals surface area contributed by atoms with E-state index in [0.29, 0.717) is 19.6 Å². The molecule has 4 nitrogen and oxygen atoms in total. The Bertz CT molecular complexity index is 857. The van der Waals surface area contributed by atoms with Crippen molar-refractivity contribution in [2.45, 2.75) is 19.4 Å². The van der Waals surface area contributed by atoms with E-state index in [9.17, 15) is 4.79 Å². The normalized spacial score (nSPS) is 10.4. The van der Waals surface area contributed by atoms with E-state index >= 15 is 0 Å². The highest BCUT2D eigenvalue weighted by atomic mass is 16.5. The van der Waals surface area contributed by atoms with Crippen LogP contribution in [-0.4, -0.2) is 17.7 Å². The topological polar surface area (TPSA) is 55.8 Å². The third-order valence-electron chi connectivity index (χ3n) is 4.07. The van der Waals surface area contributed by atoms with Crippen LogP contribution in [0, 0.1) is 0 Å². The molecule has 0 fully saturated rings. The Morgan fingerprint density at radius 3 is 2.30 bits per heavy atom. The highest BCUT2D eigenvalue weighted by Gasteiger charge is 2.03. The molecule has 0 aliphatic heterocycles. The Balaban J connectivity index is 1.58. The average molecular weight is 362 g/mol. The Hall–Kier alpha value is -3.27. The van der Waals surface area contributed by atoms with Crippen LogP contribution in [0.2, 0.25) is 0 Å². The lowest BCUT2D eigenvalue weighted by molar-refractivity contribution is -0.137. The molecule has 0 aromatic heterocycles. The molecule has 0 unspecified atom stereocenters. The summed E-state index contributed by atoms with van der Waals surface area (Å²) >= 11 is 0. The first-order chi connectivity index (χ1) is 13.2. The summed E-state index contributed by atoms with van der Waals surface area (Å²) in [5, 5.41) is 8.63.